The van der Waals surface area contributed by atoms with E-state index in [0.29, 0.717) is 15.8 Å². The van der Waals surface area contributed by atoms with E-state index in [1.807, 2.05) is 49.6 Å². The van der Waals surface area contributed by atoms with Gasteiger partial charge >= 0.3 is 0 Å². The van der Waals surface area contributed by atoms with Gasteiger partial charge in [0.25, 0.3) is 5.91 Å². The second kappa shape index (κ2) is 8.66. The van der Waals surface area contributed by atoms with E-state index >= 15 is 0 Å². The number of benzene rings is 1. The van der Waals surface area contributed by atoms with Gasteiger partial charge in [-0.1, -0.05) is 43.1 Å². The number of rotatable bonds is 4. The summed E-state index contributed by atoms with van der Waals surface area (Å²) in [5.74, 6) is -0.131. The minimum atomic E-state index is -0.131. The van der Waals surface area contributed by atoms with E-state index in [9.17, 15) is 4.79 Å². The first-order valence-electron chi connectivity index (χ1n) is 7.75. The molecule has 0 unspecified atom stereocenters. The Hall–Kier alpha value is -2.11. The first kappa shape index (κ1) is 18.2. The van der Waals surface area contributed by atoms with Crippen molar-refractivity contribution in [3.05, 3.63) is 69.4 Å². The highest BCUT2D eigenvalue weighted by Gasteiger charge is 2.10. The Balaban J connectivity index is 0.00000100. The van der Waals surface area contributed by atoms with E-state index < -0.39 is 0 Å². The largest absolute Gasteiger partial charge is 0.346 e. The van der Waals surface area contributed by atoms with Crippen molar-refractivity contribution in [2.75, 3.05) is 0 Å². The van der Waals surface area contributed by atoms with Crippen LogP contribution in [0.25, 0.3) is 5.69 Å². The van der Waals surface area contributed by atoms with Crippen LogP contribution < -0.4 is 5.32 Å². The highest BCUT2D eigenvalue weighted by Crippen LogP contribution is 2.21. The minimum Gasteiger partial charge on any atom is -0.346 e. The zero-order chi connectivity index (χ0) is 17.5. The Bertz CT molecular complexity index is 793. The van der Waals surface area contributed by atoms with Crippen molar-refractivity contribution in [2.45, 2.75) is 27.3 Å². The molecule has 3 aromatic rings. The fourth-order valence-corrected chi connectivity index (χ4v) is 3.04. The highest BCUT2D eigenvalue weighted by atomic mass is 35.5. The lowest BCUT2D eigenvalue weighted by molar-refractivity contribution is 0.0954. The van der Waals surface area contributed by atoms with Crippen molar-refractivity contribution in [3.8, 4) is 5.69 Å². The SMILES string of the molecule is CC.Cc1ccc(-n2cncc2CNC(=O)c2ccc(Cl)s2)cc1. The second-order valence-corrected chi connectivity index (χ2v) is 6.59. The van der Waals surface area contributed by atoms with Gasteiger partial charge in [-0.25, -0.2) is 4.98 Å². The zero-order valence-corrected chi connectivity index (χ0v) is 15.5. The maximum atomic E-state index is 12.1. The molecule has 24 heavy (non-hydrogen) atoms. The quantitative estimate of drug-likeness (QED) is 0.721. The van der Waals surface area contributed by atoms with Crippen molar-refractivity contribution in [1.82, 2.24) is 14.9 Å². The summed E-state index contributed by atoms with van der Waals surface area (Å²) in [7, 11) is 0. The van der Waals surface area contributed by atoms with Crippen LogP contribution in [0.3, 0.4) is 0 Å². The van der Waals surface area contributed by atoms with Gasteiger partial charge in [0.05, 0.1) is 34.0 Å². The van der Waals surface area contributed by atoms with E-state index in [4.69, 9.17) is 11.6 Å². The van der Waals surface area contributed by atoms with E-state index in [0.717, 1.165) is 11.4 Å². The van der Waals surface area contributed by atoms with Crippen molar-refractivity contribution in [1.29, 1.82) is 0 Å². The van der Waals surface area contributed by atoms with Crippen LogP contribution in [0.15, 0.2) is 48.9 Å². The molecule has 0 atom stereocenters. The molecule has 3 rings (SSSR count). The van der Waals surface area contributed by atoms with Crippen LogP contribution in [-0.4, -0.2) is 15.5 Å². The third-order valence-corrected chi connectivity index (χ3v) is 4.48. The minimum absolute atomic E-state index is 0.131. The molecule has 0 aliphatic rings. The maximum absolute atomic E-state index is 12.1. The van der Waals surface area contributed by atoms with Crippen LogP contribution >= 0.6 is 22.9 Å². The molecule has 2 heterocycles. The summed E-state index contributed by atoms with van der Waals surface area (Å²) >= 11 is 7.11. The van der Waals surface area contributed by atoms with E-state index in [2.05, 4.69) is 10.3 Å². The molecule has 0 saturated heterocycles. The molecule has 1 amide bonds. The second-order valence-electron chi connectivity index (χ2n) is 4.88. The Morgan fingerprint density at radius 2 is 1.92 bits per heavy atom. The third kappa shape index (κ3) is 4.46. The number of aryl methyl sites for hydroxylation is 1. The molecule has 0 fully saturated rings. The monoisotopic (exact) mass is 361 g/mol. The number of halogens is 1. The number of hydrogen-bond acceptors (Lipinski definition) is 3. The molecule has 2 aromatic heterocycles. The number of aromatic nitrogens is 2. The predicted molar refractivity (Wildman–Crippen MR) is 100 cm³/mol. The zero-order valence-electron chi connectivity index (χ0n) is 13.9. The number of thiophene rings is 1. The number of hydrogen-bond donors (Lipinski definition) is 1. The van der Waals surface area contributed by atoms with Gasteiger partial charge in [-0.3, -0.25) is 4.79 Å². The molecule has 0 saturated carbocycles. The number of imidazole rings is 1. The van der Waals surface area contributed by atoms with Gasteiger partial charge in [0.1, 0.15) is 0 Å². The Morgan fingerprint density at radius 3 is 2.54 bits per heavy atom. The topological polar surface area (TPSA) is 46.9 Å². The average molecular weight is 362 g/mol. The van der Waals surface area contributed by atoms with E-state index in [1.165, 1.54) is 16.9 Å². The lowest BCUT2D eigenvalue weighted by Gasteiger charge is -2.09. The number of nitrogens with one attached hydrogen (secondary N) is 1. The molecule has 0 radical (unpaired) electrons. The normalized spacial score (nSPS) is 10.0. The Labute approximate surface area is 151 Å². The summed E-state index contributed by atoms with van der Waals surface area (Å²) in [6, 6.07) is 11.6. The van der Waals surface area contributed by atoms with Crippen LogP contribution in [0.5, 0.6) is 0 Å². The fraction of sp³-hybridized carbons (Fsp3) is 0.222. The molecule has 1 aromatic carbocycles. The highest BCUT2D eigenvalue weighted by molar-refractivity contribution is 7.17. The molecule has 6 heteroatoms. The standard InChI is InChI=1S/C16H14ClN3OS.C2H6/c1-11-2-4-12(5-3-11)20-10-18-8-13(20)9-19-16(21)14-6-7-15(17)22-14;1-2/h2-8,10H,9H2,1H3,(H,19,21);1-2H3. The molecule has 0 spiro atoms. The van der Waals surface area contributed by atoms with Crippen molar-refractivity contribution < 1.29 is 4.79 Å². The first-order chi connectivity index (χ1) is 11.6. The van der Waals surface area contributed by atoms with Gasteiger partial charge in [-0.15, -0.1) is 11.3 Å². The van der Waals surface area contributed by atoms with E-state index in [-0.39, 0.29) is 5.91 Å². The van der Waals surface area contributed by atoms with Crippen molar-refractivity contribution in [3.63, 3.8) is 0 Å². The summed E-state index contributed by atoms with van der Waals surface area (Å²) < 4.78 is 2.57. The van der Waals surface area contributed by atoms with Crippen molar-refractivity contribution in [2.24, 2.45) is 0 Å². The number of carbonyl (C=O) groups excluding carboxylic acids is 1. The Morgan fingerprint density at radius 1 is 1.21 bits per heavy atom. The van der Waals surface area contributed by atoms with Gasteiger partial charge in [0, 0.05) is 5.69 Å². The lowest BCUT2D eigenvalue weighted by Crippen LogP contribution is -2.23. The molecule has 1 N–H and O–H groups in total. The third-order valence-electron chi connectivity index (χ3n) is 3.25. The van der Waals surface area contributed by atoms with Crippen molar-refractivity contribution >= 4 is 28.8 Å². The first-order valence-corrected chi connectivity index (χ1v) is 8.95. The van der Waals surface area contributed by atoms with Gasteiger partial charge in [-0.2, -0.15) is 0 Å². The Kier molecular flexibility index (Phi) is 6.58. The molecule has 126 valence electrons. The molecular weight excluding hydrogens is 342 g/mol. The molecule has 0 aliphatic heterocycles. The molecule has 0 bridgehead atoms. The van der Waals surface area contributed by atoms with Crippen LogP contribution in [0.2, 0.25) is 4.34 Å². The van der Waals surface area contributed by atoms with Gasteiger partial charge < -0.3 is 9.88 Å². The summed E-state index contributed by atoms with van der Waals surface area (Å²) in [5.41, 5.74) is 3.14. The van der Waals surface area contributed by atoms with Crippen LogP contribution in [-0.2, 0) is 6.54 Å². The van der Waals surface area contributed by atoms with Gasteiger partial charge in [0.2, 0.25) is 0 Å². The summed E-state index contributed by atoms with van der Waals surface area (Å²) in [4.78, 5) is 16.8. The summed E-state index contributed by atoms with van der Waals surface area (Å²) in [5, 5.41) is 2.89. The summed E-state index contributed by atoms with van der Waals surface area (Å²) in [6.45, 7) is 6.45. The van der Waals surface area contributed by atoms with Crippen LogP contribution in [0.4, 0.5) is 0 Å². The van der Waals surface area contributed by atoms with Gasteiger partial charge in [-0.05, 0) is 31.2 Å². The van der Waals surface area contributed by atoms with E-state index in [1.54, 1.807) is 24.7 Å². The number of amides is 1. The summed E-state index contributed by atoms with van der Waals surface area (Å²) in [6.07, 6.45) is 3.50. The van der Waals surface area contributed by atoms with Gasteiger partial charge in [0.15, 0.2) is 0 Å². The maximum Gasteiger partial charge on any atom is 0.261 e. The van der Waals surface area contributed by atoms with Crippen LogP contribution in [0.1, 0.15) is 34.8 Å². The molecule has 4 nitrogen and oxygen atoms in total. The fourth-order valence-electron chi connectivity index (χ4n) is 2.09. The average Bonchev–Trinajstić information content (AvgIpc) is 3.24. The lowest BCUT2D eigenvalue weighted by atomic mass is 10.2. The number of nitrogens with zero attached hydrogens (tertiary/aromatic N) is 2. The molecule has 0 aliphatic carbocycles. The smallest absolute Gasteiger partial charge is 0.261 e. The predicted octanol–water partition coefficient (Wildman–Crippen LogP) is 4.85. The van der Waals surface area contributed by atoms with Crippen LogP contribution in [0, 0.1) is 6.92 Å². The number of carbonyl (C=O) groups is 1. The molecular formula is C18H20ClN3OS.